The van der Waals surface area contributed by atoms with Crippen LogP contribution in [0.2, 0.25) is 0 Å². The number of aromatic carboxylic acids is 1. The van der Waals surface area contributed by atoms with E-state index in [-0.39, 0.29) is 5.41 Å². The van der Waals surface area contributed by atoms with Crippen molar-refractivity contribution in [3.63, 3.8) is 0 Å². The molecule has 0 fully saturated rings. The van der Waals surface area contributed by atoms with Crippen molar-refractivity contribution in [2.24, 2.45) is 5.41 Å². The molecule has 0 amide bonds. The van der Waals surface area contributed by atoms with Gasteiger partial charge in [-0.05, 0) is 32.9 Å². The Morgan fingerprint density at radius 3 is 2.50 bits per heavy atom. The summed E-state index contributed by atoms with van der Waals surface area (Å²) in [5.41, 5.74) is -0.0482. The first-order valence-electron chi connectivity index (χ1n) is 4.25. The average molecular weight is 208 g/mol. The maximum Gasteiger partial charge on any atom is 0.345 e. The van der Waals surface area contributed by atoms with Crippen LogP contribution >= 0.6 is 11.3 Å². The highest BCUT2D eigenvalue weighted by molar-refractivity contribution is 7.14. The van der Waals surface area contributed by atoms with Gasteiger partial charge in [0.1, 0.15) is 4.88 Å². The number of carboxylic acids is 1. The largest absolute Gasteiger partial charge is 0.477 e. The minimum Gasteiger partial charge on any atom is -0.477 e. The lowest BCUT2D eigenvalue weighted by molar-refractivity contribution is 0.0702. The molecular formula is C11H12O2S. The van der Waals surface area contributed by atoms with Gasteiger partial charge >= 0.3 is 5.97 Å². The van der Waals surface area contributed by atoms with Crippen molar-refractivity contribution in [3.8, 4) is 11.8 Å². The van der Waals surface area contributed by atoms with E-state index in [1.165, 1.54) is 11.3 Å². The molecule has 0 radical (unpaired) electrons. The maximum atomic E-state index is 10.6. The van der Waals surface area contributed by atoms with E-state index in [0.29, 0.717) is 4.88 Å². The molecule has 1 aromatic heterocycles. The highest BCUT2D eigenvalue weighted by Crippen LogP contribution is 2.16. The van der Waals surface area contributed by atoms with Crippen LogP contribution in [0.4, 0.5) is 0 Å². The van der Waals surface area contributed by atoms with Crippen LogP contribution in [-0.4, -0.2) is 11.1 Å². The Balaban J connectivity index is 2.87. The normalized spacial score (nSPS) is 10.5. The third kappa shape index (κ3) is 3.23. The molecule has 2 nitrogen and oxygen atoms in total. The van der Waals surface area contributed by atoms with Gasteiger partial charge in [-0.25, -0.2) is 4.79 Å². The van der Waals surface area contributed by atoms with Crippen LogP contribution in [0.3, 0.4) is 0 Å². The molecule has 1 N–H and O–H groups in total. The van der Waals surface area contributed by atoms with Gasteiger partial charge in [0.2, 0.25) is 0 Å². The predicted octanol–water partition coefficient (Wildman–Crippen LogP) is 2.84. The van der Waals surface area contributed by atoms with Gasteiger partial charge < -0.3 is 5.11 Å². The average Bonchev–Trinajstić information content (AvgIpc) is 2.47. The zero-order valence-electron chi connectivity index (χ0n) is 8.42. The summed E-state index contributed by atoms with van der Waals surface area (Å²) < 4.78 is 0. The van der Waals surface area contributed by atoms with Gasteiger partial charge in [0.15, 0.2) is 0 Å². The number of hydrogen-bond acceptors (Lipinski definition) is 2. The topological polar surface area (TPSA) is 37.3 Å². The minimum atomic E-state index is -0.890. The van der Waals surface area contributed by atoms with Gasteiger partial charge in [0.25, 0.3) is 0 Å². The Hall–Kier alpha value is -1.27. The molecule has 14 heavy (non-hydrogen) atoms. The van der Waals surface area contributed by atoms with Gasteiger partial charge in [-0.2, -0.15) is 0 Å². The van der Waals surface area contributed by atoms with E-state index in [4.69, 9.17) is 5.11 Å². The van der Waals surface area contributed by atoms with E-state index in [0.717, 1.165) is 4.88 Å². The Morgan fingerprint density at radius 1 is 1.43 bits per heavy atom. The Kier molecular flexibility index (Phi) is 2.97. The van der Waals surface area contributed by atoms with Gasteiger partial charge in [0, 0.05) is 5.41 Å². The third-order valence-electron chi connectivity index (χ3n) is 1.38. The second-order valence-electron chi connectivity index (χ2n) is 3.97. The third-order valence-corrected chi connectivity index (χ3v) is 2.37. The number of hydrogen-bond donors (Lipinski definition) is 1. The molecule has 3 heteroatoms. The second kappa shape index (κ2) is 3.85. The summed E-state index contributed by atoms with van der Waals surface area (Å²) in [4.78, 5) is 11.7. The summed E-state index contributed by atoms with van der Waals surface area (Å²) >= 11 is 1.21. The molecule has 1 heterocycles. The Morgan fingerprint density at radius 2 is 2.07 bits per heavy atom. The summed E-state index contributed by atoms with van der Waals surface area (Å²) in [6.07, 6.45) is 0. The lowest BCUT2D eigenvalue weighted by Crippen LogP contribution is -1.98. The van der Waals surface area contributed by atoms with Crippen LogP contribution in [0.15, 0.2) is 12.1 Å². The highest BCUT2D eigenvalue weighted by Gasteiger charge is 2.06. The quantitative estimate of drug-likeness (QED) is 0.720. The summed E-state index contributed by atoms with van der Waals surface area (Å²) in [6.45, 7) is 6.06. The molecule has 0 saturated heterocycles. The standard InChI is InChI=1S/C11H12O2S/c1-11(2,3)7-6-8-4-5-9(14-8)10(12)13/h4-5H,1-3H3,(H,12,13). The zero-order valence-corrected chi connectivity index (χ0v) is 9.23. The smallest absolute Gasteiger partial charge is 0.345 e. The van der Waals surface area contributed by atoms with E-state index in [1.54, 1.807) is 12.1 Å². The first-order valence-corrected chi connectivity index (χ1v) is 5.06. The molecule has 0 atom stereocenters. The van der Waals surface area contributed by atoms with E-state index in [1.807, 2.05) is 20.8 Å². The SMILES string of the molecule is CC(C)(C)C#Cc1ccc(C(=O)O)s1. The number of rotatable bonds is 1. The lowest BCUT2D eigenvalue weighted by atomic mass is 9.98. The van der Waals surface area contributed by atoms with Crippen LogP contribution in [0.1, 0.15) is 35.3 Å². The zero-order chi connectivity index (χ0) is 10.8. The van der Waals surface area contributed by atoms with E-state index < -0.39 is 5.97 Å². The Labute approximate surface area is 87.6 Å². The molecule has 0 spiro atoms. The van der Waals surface area contributed by atoms with Crippen molar-refractivity contribution < 1.29 is 9.90 Å². The molecule has 0 saturated carbocycles. The molecule has 0 aliphatic heterocycles. The summed E-state index contributed by atoms with van der Waals surface area (Å²) in [5.74, 6) is 5.13. The second-order valence-corrected chi connectivity index (χ2v) is 5.05. The molecule has 0 aromatic carbocycles. The molecular weight excluding hydrogens is 196 g/mol. The van der Waals surface area contributed by atoms with Crippen molar-refractivity contribution >= 4 is 17.3 Å². The Bertz CT molecular complexity index is 399. The molecule has 0 unspecified atom stereocenters. The maximum absolute atomic E-state index is 10.6. The van der Waals surface area contributed by atoms with Gasteiger partial charge in [-0.3, -0.25) is 0 Å². The summed E-state index contributed by atoms with van der Waals surface area (Å²) in [5, 5.41) is 8.69. The molecule has 0 aliphatic carbocycles. The van der Waals surface area contributed by atoms with Crippen LogP contribution < -0.4 is 0 Å². The number of thiophene rings is 1. The first-order chi connectivity index (χ1) is 6.38. The number of carbonyl (C=O) groups is 1. The first kappa shape index (κ1) is 10.8. The van der Waals surface area contributed by atoms with E-state index >= 15 is 0 Å². The van der Waals surface area contributed by atoms with Gasteiger partial charge in [-0.1, -0.05) is 11.8 Å². The fraction of sp³-hybridized carbons (Fsp3) is 0.364. The minimum absolute atomic E-state index is 0.0482. The fourth-order valence-electron chi connectivity index (χ4n) is 0.769. The van der Waals surface area contributed by atoms with E-state index in [2.05, 4.69) is 11.8 Å². The molecule has 74 valence electrons. The van der Waals surface area contributed by atoms with Crippen LogP contribution in [-0.2, 0) is 0 Å². The van der Waals surface area contributed by atoms with Crippen molar-refractivity contribution in [3.05, 3.63) is 21.9 Å². The molecule has 0 bridgehead atoms. The van der Waals surface area contributed by atoms with Gasteiger partial charge in [0.05, 0.1) is 4.88 Å². The highest BCUT2D eigenvalue weighted by atomic mass is 32.1. The van der Waals surface area contributed by atoms with Gasteiger partial charge in [-0.15, -0.1) is 11.3 Å². The van der Waals surface area contributed by atoms with Crippen LogP contribution in [0.5, 0.6) is 0 Å². The van der Waals surface area contributed by atoms with Crippen molar-refractivity contribution in [1.29, 1.82) is 0 Å². The van der Waals surface area contributed by atoms with E-state index in [9.17, 15) is 4.79 Å². The van der Waals surface area contributed by atoms with Crippen molar-refractivity contribution in [2.75, 3.05) is 0 Å². The molecule has 0 aliphatic rings. The lowest BCUT2D eigenvalue weighted by Gasteiger charge is -2.06. The predicted molar refractivity (Wildman–Crippen MR) is 57.6 cm³/mol. The van der Waals surface area contributed by atoms with Crippen molar-refractivity contribution in [2.45, 2.75) is 20.8 Å². The summed E-state index contributed by atoms with van der Waals surface area (Å²) in [6, 6.07) is 3.33. The van der Waals surface area contributed by atoms with Crippen LogP contribution in [0, 0.1) is 17.3 Å². The number of carboxylic acid groups (broad SMARTS) is 1. The summed E-state index contributed by atoms with van der Waals surface area (Å²) in [7, 11) is 0. The van der Waals surface area contributed by atoms with Crippen molar-refractivity contribution in [1.82, 2.24) is 0 Å². The fourth-order valence-corrected chi connectivity index (χ4v) is 1.47. The van der Waals surface area contributed by atoms with Crippen LogP contribution in [0.25, 0.3) is 0 Å². The monoisotopic (exact) mass is 208 g/mol. The molecule has 1 rings (SSSR count). The molecule has 1 aromatic rings.